The van der Waals surface area contributed by atoms with E-state index in [1.54, 1.807) is 7.05 Å². The molecule has 0 aliphatic heterocycles. The molecule has 2 aromatic rings. The van der Waals surface area contributed by atoms with Gasteiger partial charge in [0.25, 0.3) is 0 Å². The second kappa shape index (κ2) is 8.51. The molecule has 1 heterocycles. The molecular weight excluding hydrogens is 350 g/mol. The van der Waals surface area contributed by atoms with Crippen LogP contribution in [0.5, 0.6) is 0 Å². The first kappa shape index (κ1) is 16.5. The van der Waals surface area contributed by atoms with E-state index in [-0.39, 0.29) is 0 Å². The summed E-state index contributed by atoms with van der Waals surface area (Å²) >= 11 is 5.43. The minimum absolute atomic E-state index is 0.339. The van der Waals surface area contributed by atoms with Gasteiger partial charge in [-0.25, -0.2) is 0 Å². The summed E-state index contributed by atoms with van der Waals surface area (Å²) in [4.78, 5) is 2.76. The third-order valence-electron chi connectivity index (χ3n) is 2.94. The third-order valence-corrected chi connectivity index (χ3v) is 5.13. The van der Waals surface area contributed by atoms with Crippen LogP contribution >= 0.6 is 27.7 Å². The van der Waals surface area contributed by atoms with E-state index in [1.807, 2.05) is 17.8 Å². The maximum absolute atomic E-state index is 4.27. The standard InChI is InChI=1S/C14H20BrN5S/c1-3-8-16-11(9-14-17-19-20(2)18-14)10-21-13-7-5-4-6-12(13)15/h4-7,11,16H,3,8-10H2,1-2H3. The third kappa shape index (κ3) is 5.41. The Kier molecular flexibility index (Phi) is 6.66. The lowest BCUT2D eigenvalue weighted by atomic mass is 10.2. The molecule has 114 valence electrons. The minimum atomic E-state index is 0.339. The Hall–Kier alpha value is -0.920. The lowest BCUT2D eigenvalue weighted by Gasteiger charge is -2.16. The second-order valence-corrected chi connectivity index (χ2v) is 6.71. The van der Waals surface area contributed by atoms with Crippen molar-refractivity contribution >= 4 is 27.7 Å². The zero-order valence-corrected chi connectivity index (χ0v) is 14.7. The summed E-state index contributed by atoms with van der Waals surface area (Å²) in [7, 11) is 1.79. The molecule has 21 heavy (non-hydrogen) atoms. The first-order valence-electron chi connectivity index (χ1n) is 7.02. The van der Waals surface area contributed by atoms with Crippen molar-refractivity contribution in [3.05, 3.63) is 34.6 Å². The molecule has 1 N–H and O–H groups in total. The Labute approximate surface area is 138 Å². The fourth-order valence-electron chi connectivity index (χ4n) is 1.92. The highest BCUT2D eigenvalue weighted by Crippen LogP contribution is 2.27. The van der Waals surface area contributed by atoms with E-state index in [0.29, 0.717) is 6.04 Å². The number of aromatic nitrogens is 4. The molecule has 5 nitrogen and oxygen atoms in total. The number of aryl methyl sites for hydroxylation is 1. The van der Waals surface area contributed by atoms with Crippen molar-refractivity contribution in [3.63, 3.8) is 0 Å². The smallest absolute Gasteiger partial charge is 0.176 e. The molecular formula is C14H20BrN5S. The molecule has 0 fully saturated rings. The van der Waals surface area contributed by atoms with Crippen molar-refractivity contribution in [2.45, 2.75) is 30.7 Å². The minimum Gasteiger partial charge on any atom is -0.313 e. The number of rotatable bonds is 8. The zero-order valence-electron chi connectivity index (χ0n) is 12.3. The van der Waals surface area contributed by atoms with Gasteiger partial charge in [-0.1, -0.05) is 19.1 Å². The van der Waals surface area contributed by atoms with Crippen LogP contribution in [0.15, 0.2) is 33.6 Å². The van der Waals surface area contributed by atoms with Gasteiger partial charge in [-0.15, -0.1) is 22.0 Å². The van der Waals surface area contributed by atoms with E-state index < -0.39 is 0 Å². The Morgan fingerprint density at radius 2 is 2.19 bits per heavy atom. The maximum atomic E-state index is 4.27. The van der Waals surface area contributed by atoms with Crippen LogP contribution in [-0.2, 0) is 13.5 Å². The van der Waals surface area contributed by atoms with Crippen LogP contribution in [0.3, 0.4) is 0 Å². The summed E-state index contributed by atoms with van der Waals surface area (Å²) in [6, 6.07) is 8.63. The molecule has 0 saturated heterocycles. The predicted molar refractivity (Wildman–Crippen MR) is 89.4 cm³/mol. The number of tetrazole rings is 1. The quantitative estimate of drug-likeness (QED) is 0.724. The van der Waals surface area contributed by atoms with Crippen molar-refractivity contribution in [1.29, 1.82) is 0 Å². The van der Waals surface area contributed by atoms with E-state index in [9.17, 15) is 0 Å². The first-order chi connectivity index (χ1) is 10.2. The normalized spacial score (nSPS) is 12.5. The van der Waals surface area contributed by atoms with E-state index >= 15 is 0 Å². The predicted octanol–water partition coefficient (Wildman–Crippen LogP) is 2.68. The molecule has 1 aromatic heterocycles. The zero-order chi connectivity index (χ0) is 15.1. The average Bonchev–Trinajstić information content (AvgIpc) is 2.88. The fourth-order valence-corrected chi connectivity index (χ4v) is 3.54. The number of nitrogens with zero attached hydrogens (tertiary/aromatic N) is 4. The highest BCUT2D eigenvalue weighted by atomic mass is 79.9. The summed E-state index contributed by atoms with van der Waals surface area (Å²) in [6.07, 6.45) is 1.91. The number of halogens is 1. The van der Waals surface area contributed by atoms with Crippen molar-refractivity contribution in [2.24, 2.45) is 7.05 Å². The molecule has 1 atom stereocenters. The van der Waals surface area contributed by atoms with Gasteiger partial charge in [-0.05, 0) is 46.2 Å². The number of thioether (sulfide) groups is 1. The second-order valence-electron chi connectivity index (χ2n) is 4.79. The van der Waals surface area contributed by atoms with Crippen LogP contribution in [0, 0.1) is 0 Å². The first-order valence-corrected chi connectivity index (χ1v) is 8.80. The monoisotopic (exact) mass is 369 g/mol. The van der Waals surface area contributed by atoms with Gasteiger partial charge in [-0.3, -0.25) is 0 Å². The fraction of sp³-hybridized carbons (Fsp3) is 0.500. The van der Waals surface area contributed by atoms with Crippen molar-refractivity contribution in [2.75, 3.05) is 12.3 Å². The SMILES string of the molecule is CCCNC(CSc1ccccc1Br)Cc1nnn(C)n1. The van der Waals surface area contributed by atoms with Crippen LogP contribution < -0.4 is 5.32 Å². The summed E-state index contributed by atoms with van der Waals surface area (Å²) in [6.45, 7) is 3.17. The highest BCUT2D eigenvalue weighted by Gasteiger charge is 2.13. The average molecular weight is 370 g/mol. The number of hydrogen-bond acceptors (Lipinski definition) is 5. The van der Waals surface area contributed by atoms with Gasteiger partial charge in [-0.2, -0.15) is 4.80 Å². The lowest BCUT2D eigenvalue weighted by Crippen LogP contribution is -2.34. The number of hydrogen-bond donors (Lipinski definition) is 1. The molecule has 0 amide bonds. The van der Waals surface area contributed by atoms with E-state index in [2.05, 4.69) is 61.8 Å². The summed E-state index contributed by atoms with van der Waals surface area (Å²) in [5.74, 6) is 1.76. The molecule has 0 radical (unpaired) electrons. The molecule has 1 aromatic carbocycles. The van der Waals surface area contributed by atoms with Crippen molar-refractivity contribution in [1.82, 2.24) is 25.5 Å². The van der Waals surface area contributed by atoms with Crippen LogP contribution in [-0.4, -0.2) is 38.5 Å². The molecule has 7 heteroatoms. The Morgan fingerprint density at radius 3 is 2.86 bits per heavy atom. The van der Waals surface area contributed by atoms with E-state index in [4.69, 9.17) is 0 Å². The van der Waals surface area contributed by atoms with Crippen LogP contribution in [0.2, 0.25) is 0 Å². The molecule has 2 rings (SSSR count). The molecule has 1 unspecified atom stereocenters. The van der Waals surface area contributed by atoms with Gasteiger partial charge >= 0.3 is 0 Å². The van der Waals surface area contributed by atoms with Crippen LogP contribution in [0.1, 0.15) is 19.2 Å². The molecule has 0 aliphatic rings. The highest BCUT2D eigenvalue weighted by molar-refractivity contribution is 9.10. The van der Waals surface area contributed by atoms with Gasteiger partial charge in [0.15, 0.2) is 5.82 Å². The summed E-state index contributed by atoms with van der Waals surface area (Å²) in [5, 5.41) is 15.8. The van der Waals surface area contributed by atoms with Gasteiger partial charge in [0.05, 0.1) is 7.05 Å². The number of nitrogens with one attached hydrogen (secondary N) is 1. The van der Waals surface area contributed by atoms with Crippen LogP contribution in [0.4, 0.5) is 0 Å². The molecule has 0 spiro atoms. The van der Waals surface area contributed by atoms with Crippen LogP contribution in [0.25, 0.3) is 0 Å². The van der Waals surface area contributed by atoms with Gasteiger partial charge < -0.3 is 5.32 Å². The molecule has 0 aliphatic carbocycles. The Morgan fingerprint density at radius 1 is 1.38 bits per heavy atom. The molecule has 0 bridgehead atoms. The van der Waals surface area contributed by atoms with Crippen molar-refractivity contribution in [3.8, 4) is 0 Å². The Bertz CT molecular complexity index is 560. The Balaban J connectivity index is 1.94. The van der Waals surface area contributed by atoms with Gasteiger partial charge in [0, 0.05) is 27.6 Å². The largest absolute Gasteiger partial charge is 0.313 e. The lowest BCUT2D eigenvalue weighted by molar-refractivity contribution is 0.537. The number of benzene rings is 1. The topological polar surface area (TPSA) is 55.6 Å². The van der Waals surface area contributed by atoms with E-state index in [0.717, 1.165) is 35.4 Å². The van der Waals surface area contributed by atoms with Gasteiger partial charge in [0.2, 0.25) is 0 Å². The van der Waals surface area contributed by atoms with Gasteiger partial charge in [0.1, 0.15) is 0 Å². The van der Waals surface area contributed by atoms with E-state index in [1.165, 1.54) is 9.69 Å². The maximum Gasteiger partial charge on any atom is 0.176 e. The molecule has 0 saturated carbocycles. The summed E-state index contributed by atoms with van der Waals surface area (Å²) in [5.41, 5.74) is 0. The summed E-state index contributed by atoms with van der Waals surface area (Å²) < 4.78 is 1.14. The van der Waals surface area contributed by atoms with Crippen molar-refractivity contribution < 1.29 is 0 Å².